The van der Waals surface area contributed by atoms with E-state index in [2.05, 4.69) is 21.5 Å². The van der Waals surface area contributed by atoms with E-state index in [1.807, 2.05) is 31.2 Å². The van der Waals surface area contributed by atoms with Crippen molar-refractivity contribution >= 4 is 17.6 Å². The number of rotatable bonds is 6. The fourth-order valence-electron chi connectivity index (χ4n) is 1.53. The number of thioether (sulfide) groups is 1. The van der Waals surface area contributed by atoms with Gasteiger partial charge >= 0.3 is 0 Å². The van der Waals surface area contributed by atoms with Gasteiger partial charge in [0.05, 0.1) is 18.1 Å². The Morgan fingerprint density at radius 1 is 1.16 bits per heavy atom. The molecule has 0 spiro atoms. The molecule has 0 bridgehead atoms. The number of nitrogens with zero attached hydrogens (tertiary/aromatic N) is 2. The van der Waals surface area contributed by atoms with Crippen molar-refractivity contribution in [3.8, 4) is 5.75 Å². The van der Waals surface area contributed by atoms with Gasteiger partial charge in [0.1, 0.15) is 18.2 Å². The number of anilines is 1. The maximum absolute atomic E-state index is 5.66. The van der Waals surface area contributed by atoms with Gasteiger partial charge in [-0.3, -0.25) is 4.98 Å². The summed E-state index contributed by atoms with van der Waals surface area (Å²) in [5, 5.41) is 3.10. The van der Waals surface area contributed by atoms with E-state index in [1.165, 1.54) is 4.90 Å². The molecule has 4 nitrogen and oxygen atoms in total. The van der Waals surface area contributed by atoms with Crippen LogP contribution in [0.3, 0.4) is 0 Å². The monoisotopic (exact) mass is 275 g/mol. The van der Waals surface area contributed by atoms with Crippen LogP contribution in [0.15, 0.2) is 41.6 Å². The van der Waals surface area contributed by atoms with Gasteiger partial charge in [-0.1, -0.05) is 0 Å². The van der Waals surface area contributed by atoms with Crippen LogP contribution in [0, 0.1) is 0 Å². The first kappa shape index (κ1) is 13.7. The van der Waals surface area contributed by atoms with Crippen molar-refractivity contribution in [2.45, 2.75) is 18.4 Å². The molecule has 0 saturated carbocycles. The molecule has 0 fully saturated rings. The Morgan fingerprint density at radius 3 is 2.53 bits per heavy atom. The standard InChI is InChI=1S/C14H17N3OS/c1-3-15-14-9-16-11(8-17-14)10-18-12-4-6-13(19-2)7-5-12/h4-9H,3,10H2,1-2H3,(H,15,17). The minimum Gasteiger partial charge on any atom is -0.487 e. The Balaban J connectivity index is 1.90. The molecule has 100 valence electrons. The van der Waals surface area contributed by atoms with Gasteiger partial charge in [0.2, 0.25) is 0 Å². The topological polar surface area (TPSA) is 47.0 Å². The smallest absolute Gasteiger partial charge is 0.144 e. The average Bonchev–Trinajstić information content (AvgIpc) is 2.47. The molecule has 0 unspecified atom stereocenters. The number of ether oxygens (including phenoxy) is 1. The minimum atomic E-state index is 0.429. The molecule has 1 aromatic carbocycles. The highest BCUT2D eigenvalue weighted by atomic mass is 32.2. The largest absolute Gasteiger partial charge is 0.487 e. The number of benzene rings is 1. The second-order valence-corrected chi connectivity index (χ2v) is 4.77. The summed E-state index contributed by atoms with van der Waals surface area (Å²) >= 11 is 1.71. The summed E-state index contributed by atoms with van der Waals surface area (Å²) in [6.07, 6.45) is 5.50. The summed E-state index contributed by atoms with van der Waals surface area (Å²) in [7, 11) is 0. The quantitative estimate of drug-likeness (QED) is 0.820. The molecule has 2 aromatic rings. The maximum atomic E-state index is 5.66. The van der Waals surface area contributed by atoms with E-state index in [0.717, 1.165) is 23.8 Å². The van der Waals surface area contributed by atoms with Gasteiger partial charge in [0, 0.05) is 11.4 Å². The van der Waals surface area contributed by atoms with E-state index in [4.69, 9.17) is 4.74 Å². The summed E-state index contributed by atoms with van der Waals surface area (Å²) in [5.41, 5.74) is 0.815. The molecule has 0 radical (unpaired) electrons. The molecule has 0 aliphatic heterocycles. The molecule has 1 heterocycles. The third-order valence-electron chi connectivity index (χ3n) is 2.51. The van der Waals surface area contributed by atoms with E-state index < -0.39 is 0 Å². The fraction of sp³-hybridized carbons (Fsp3) is 0.286. The predicted octanol–water partition coefficient (Wildman–Crippen LogP) is 3.21. The lowest BCUT2D eigenvalue weighted by atomic mass is 10.3. The van der Waals surface area contributed by atoms with Gasteiger partial charge < -0.3 is 10.1 Å². The number of aromatic nitrogens is 2. The number of nitrogens with one attached hydrogen (secondary N) is 1. The first-order valence-corrected chi connectivity index (χ1v) is 7.36. The van der Waals surface area contributed by atoms with Crippen LogP contribution in [0.25, 0.3) is 0 Å². The highest BCUT2D eigenvalue weighted by molar-refractivity contribution is 7.98. The highest BCUT2D eigenvalue weighted by Gasteiger charge is 1.99. The third-order valence-corrected chi connectivity index (χ3v) is 3.25. The molecule has 1 aromatic heterocycles. The van der Waals surface area contributed by atoms with E-state index in [9.17, 15) is 0 Å². The molecular weight excluding hydrogens is 258 g/mol. The fourth-order valence-corrected chi connectivity index (χ4v) is 1.94. The van der Waals surface area contributed by atoms with Gasteiger partial charge in [0.15, 0.2) is 0 Å². The molecular formula is C14H17N3OS. The molecule has 0 amide bonds. The van der Waals surface area contributed by atoms with Gasteiger partial charge in [0.25, 0.3) is 0 Å². The van der Waals surface area contributed by atoms with Gasteiger partial charge in [-0.05, 0) is 37.4 Å². The van der Waals surface area contributed by atoms with Gasteiger partial charge in [-0.2, -0.15) is 0 Å². The Morgan fingerprint density at radius 2 is 1.95 bits per heavy atom. The minimum absolute atomic E-state index is 0.429. The second kappa shape index (κ2) is 6.99. The van der Waals surface area contributed by atoms with Crippen molar-refractivity contribution in [2.75, 3.05) is 18.1 Å². The van der Waals surface area contributed by atoms with E-state index in [-0.39, 0.29) is 0 Å². The summed E-state index contributed by atoms with van der Waals surface area (Å²) < 4.78 is 5.66. The van der Waals surface area contributed by atoms with Gasteiger partial charge in [-0.15, -0.1) is 11.8 Å². The zero-order chi connectivity index (χ0) is 13.5. The van der Waals surface area contributed by atoms with E-state index in [1.54, 1.807) is 24.2 Å². The summed E-state index contributed by atoms with van der Waals surface area (Å²) in [5.74, 6) is 1.63. The highest BCUT2D eigenvalue weighted by Crippen LogP contribution is 2.19. The molecule has 5 heteroatoms. The Kier molecular flexibility index (Phi) is 5.03. The van der Waals surface area contributed by atoms with Crippen molar-refractivity contribution in [1.29, 1.82) is 0 Å². The lowest BCUT2D eigenvalue weighted by Crippen LogP contribution is -2.03. The molecule has 0 saturated heterocycles. The summed E-state index contributed by atoms with van der Waals surface area (Å²) in [6.45, 7) is 3.29. The zero-order valence-electron chi connectivity index (χ0n) is 11.1. The van der Waals surface area contributed by atoms with Crippen LogP contribution in [-0.2, 0) is 6.61 Å². The maximum Gasteiger partial charge on any atom is 0.144 e. The van der Waals surface area contributed by atoms with Crippen LogP contribution >= 0.6 is 11.8 Å². The van der Waals surface area contributed by atoms with Crippen molar-refractivity contribution in [1.82, 2.24) is 9.97 Å². The van der Waals surface area contributed by atoms with Crippen LogP contribution in [0.1, 0.15) is 12.6 Å². The van der Waals surface area contributed by atoms with Crippen molar-refractivity contribution < 1.29 is 4.74 Å². The zero-order valence-corrected chi connectivity index (χ0v) is 11.9. The van der Waals surface area contributed by atoms with Crippen molar-refractivity contribution in [3.63, 3.8) is 0 Å². The lowest BCUT2D eigenvalue weighted by Gasteiger charge is -2.07. The van der Waals surface area contributed by atoms with Crippen LogP contribution < -0.4 is 10.1 Å². The van der Waals surface area contributed by atoms with Crippen LogP contribution in [0.2, 0.25) is 0 Å². The molecule has 1 N–H and O–H groups in total. The van der Waals surface area contributed by atoms with Crippen LogP contribution in [0.5, 0.6) is 5.75 Å². The van der Waals surface area contributed by atoms with Gasteiger partial charge in [-0.25, -0.2) is 4.98 Å². The number of hydrogen-bond donors (Lipinski definition) is 1. The Bertz CT molecular complexity index is 499. The van der Waals surface area contributed by atoms with Crippen LogP contribution in [-0.4, -0.2) is 22.8 Å². The Labute approximate surface area is 117 Å². The third kappa shape index (κ3) is 4.13. The Hall–Kier alpha value is -1.75. The molecule has 0 aliphatic carbocycles. The lowest BCUT2D eigenvalue weighted by molar-refractivity contribution is 0.300. The predicted molar refractivity (Wildman–Crippen MR) is 78.8 cm³/mol. The first-order valence-electron chi connectivity index (χ1n) is 6.13. The van der Waals surface area contributed by atoms with E-state index in [0.29, 0.717) is 6.61 Å². The molecule has 0 aliphatic rings. The number of hydrogen-bond acceptors (Lipinski definition) is 5. The second-order valence-electron chi connectivity index (χ2n) is 3.89. The summed E-state index contributed by atoms with van der Waals surface area (Å²) in [4.78, 5) is 9.77. The SMILES string of the molecule is CCNc1cnc(COc2ccc(SC)cc2)cn1. The van der Waals surface area contributed by atoms with Crippen molar-refractivity contribution in [3.05, 3.63) is 42.4 Å². The summed E-state index contributed by atoms with van der Waals surface area (Å²) in [6, 6.07) is 8.01. The molecule has 19 heavy (non-hydrogen) atoms. The van der Waals surface area contributed by atoms with Crippen molar-refractivity contribution in [2.24, 2.45) is 0 Å². The molecule has 0 atom stereocenters. The van der Waals surface area contributed by atoms with Crippen LogP contribution in [0.4, 0.5) is 5.82 Å². The normalized spacial score (nSPS) is 10.2. The van der Waals surface area contributed by atoms with E-state index >= 15 is 0 Å². The molecule has 2 rings (SSSR count). The average molecular weight is 275 g/mol. The first-order chi connectivity index (χ1) is 9.31.